The first kappa shape index (κ1) is 41.0. The second-order valence-corrected chi connectivity index (χ2v) is 9.93. The molecular formula is C35H56F3N3O. The summed E-state index contributed by atoms with van der Waals surface area (Å²) in [6.07, 6.45) is 13.7. The number of anilines is 3. The van der Waals surface area contributed by atoms with Crippen LogP contribution in [0.4, 0.5) is 30.4 Å². The first-order chi connectivity index (χ1) is 19.9. The summed E-state index contributed by atoms with van der Waals surface area (Å²) < 4.78 is 31.1. The molecule has 1 heterocycles. The van der Waals surface area contributed by atoms with Crippen LogP contribution in [0.5, 0.6) is 0 Å². The van der Waals surface area contributed by atoms with Crippen molar-refractivity contribution in [2.45, 2.75) is 119 Å². The van der Waals surface area contributed by atoms with Gasteiger partial charge < -0.3 is 10.6 Å². The van der Waals surface area contributed by atoms with E-state index in [0.717, 1.165) is 42.0 Å². The fourth-order valence-electron chi connectivity index (χ4n) is 3.13. The van der Waals surface area contributed by atoms with Gasteiger partial charge in [0.05, 0.1) is 0 Å². The number of hydrogen-bond acceptors (Lipinski definition) is 4. The highest BCUT2D eigenvalue weighted by Crippen LogP contribution is 2.33. The summed E-state index contributed by atoms with van der Waals surface area (Å²) in [5.74, 6) is 1.04. The number of pyridine rings is 1. The van der Waals surface area contributed by atoms with E-state index in [0.29, 0.717) is 6.42 Å². The van der Waals surface area contributed by atoms with Gasteiger partial charge in [-0.15, -0.1) is 0 Å². The van der Waals surface area contributed by atoms with Gasteiger partial charge in [-0.25, -0.2) is 4.98 Å². The van der Waals surface area contributed by atoms with Gasteiger partial charge in [0.1, 0.15) is 5.82 Å². The van der Waals surface area contributed by atoms with E-state index in [4.69, 9.17) is 0 Å². The molecule has 0 radical (unpaired) electrons. The SMILES string of the molecule is C1CCC1.C=CC(=O)CCC.CC(F)(F)F.CC/C=C(\CC)c1c(NC)ccnc1Nc1ccc(C)cc1.CCCC. The minimum atomic E-state index is -4.00. The van der Waals surface area contributed by atoms with E-state index in [2.05, 4.69) is 87.2 Å². The number of aromatic nitrogens is 1. The Morgan fingerprint density at radius 2 is 1.48 bits per heavy atom. The molecule has 0 spiro atoms. The molecule has 0 saturated heterocycles. The van der Waals surface area contributed by atoms with Gasteiger partial charge in [-0.3, -0.25) is 4.79 Å². The number of benzene rings is 1. The minimum Gasteiger partial charge on any atom is -0.387 e. The van der Waals surface area contributed by atoms with E-state index in [-0.39, 0.29) is 12.7 Å². The van der Waals surface area contributed by atoms with E-state index in [1.54, 1.807) is 0 Å². The van der Waals surface area contributed by atoms with Gasteiger partial charge in [0.2, 0.25) is 0 Å². The second kappa shape index (κ2) is 25.6. The molecule has 238 valence electrons. The van der Waals surface area contributed by atoms with Gasteiger partial charge in [-0.05, 0) is 56.0 Å². The molecule has 4 nitrogen and oxygen atoms in total. The number of alkyl halides is 3. The third-order valence-corrected chi connectivity index (χ3v) is 5.91. The highest BCUT2D eigenvalue weighted by molar-refractivity contribution is 5.88. The molecule has 3 rings (SSSR count). The van der Waals surface area contributed by atoms with Crippen LogP contribution in [0.1, 0.15) is 117 Å². The fraction of sp³-hybridized carbons (Fsp3) is 0.543. The lowest BCUT2D eigenvalue weighted by atomic mass is 10.0. The van der Waals surface area contributed by atoms with Crippen molar-refractivity contribution < 1.29 is 18.0 Å². The molecule has 1 saturated carbocycles. The minimum absolute atomic E-state index is 0.141. The lowest BCUT2D eigenvalue weighted by Crippen LogP contribution is -2.03. The number of allylic oxidation sites excluding steroid dienone is 3. The van der Waals surface area contributed by atoms with Gasteiger partial charge in [0, 0.05) is 43.5 Å². The highest BCUT2D eigenvalue weighted by Gasteiger charge is 2.15. The predicted molar refractivity (Wildman–Crippen MR) is 178 cm³/mol. The maximum atomic E-state index is 10.4. The molecule has 0 bridgehead atoms. The molecule has 0 unspecified atom stereocenters. The summed E-state index contributed by atoms with van der Waals surface area (Å²) in [7, 11) is 1.95. The Hall–Kier alpha value is -3.09. The summed E-state index contributed by atoms with van der Waals surface area (Å²) in [6.45, 7) is 16.3. The summed E-state index contributed by atoms with van der Waals surface area (Å²) in [5.41, 5.74) is 5.89. The zero-order valence-electron chi connectivity index (χ0n) is 27.4. The first-order valence-corrected chi connectivity index (χ1v) is 15.3. The zero-order valence-corrected chi connectivity index (χ0v) is 27.4. The average molecular weight is 592 g/mol. The van der Waals surface area contributed by atoms with Crippen molar-refractivity contribution in [3.8, 4) is 0 Å². The Bertz CT molecular complexity index is 984. The number of carbonyl (C=O) groups excluding carboxylic acids is 1. The number of nitrogens with one attached hydrogen (secondary N) is 2. The standard InChI is InChI=1S/C19H25N3.C6H10O.C4H8.C4H10.C2H3F3/c1-5-7-15(6-2)18-17(20-4)12-13-21-19(18)22-16-10-8-14(3)9-11-16;1-3-5-6(7)4-2;1-2-4-3-1;1-3-4-2;1-2(3,4)5/h7-13H,5-6H2,1-4H3,(H2,20,21,22);4H,2-3,5H2,1H3;1-4H2;3-4H2,1-2H3;1H3/b15-7+;;;;. The van der Waals surface area contributed by atoms with Crippen LogP contribution in [0.15, 0.2) is 55.3 Å². The topological polar surface area (TPSA) is 54.0 Å². The van der Waals surface area contributed by atoms with E-state index in [1.165, 1.54) is 55.7 Å². The van der Waals surface area contributed by atoms with Gasteiger partial charge >= 0.3 is 6.18 Å². The smallest absolute Gasteiger partial charge is 0.386 e. The Balaban J connectivity index is 0. The molecule has 2 aromatic rings. The lowest BCUT2D eigenvalue weighted by Gasteiger charge is -2.17. The Morgan fingerprint density at radius 1 is 0.952 bits per heavy atom. The van der Waals surface area contributed by atoms with Gasteiger partial charge in [0.25, 0.3) is 0 Å². The Morgan fingerprint density at radius 3 is 1.81 bits per heavy atom. The third kappa shape index (κ3) is 22.6. The number of aryl methyl sites for hydroxylation is 1. The molecule has 2 N–H and O–H groups in total. The number of halogens is 3. The maximum absolute atomic E-state index is 10.4. The van der Waals surface area contributed by atoms with Crippen molar-refractivity contribution >= 4 is 28.5 Å². The molecule has 1 aliphatic carbocycles. The molecule has 0 aliphatic heterocycles. The molecule has 7 heteroatoms. The zero-order chi connectivity index (χ0) is 32.4. The predicted octanol–water partition coefficient (Wildman–Crippen LogP) is 11.9. The van der Waals surface area contributed by atoms with Crippen LogP contribution in [0.25, 0.3) is 5.57 Å². The largest absolute Gasteiger partial charge is 0.387 e. The highest BCUT2D eigenvalue weighted by atomic mass is 19.4. The van der Waals surface area contributed by atoms with Crippen LogP contribution in [0, 0.1) is 6.92 Å². The van der Waals surface area contributed by atoms with Crippen molar-refractivity contribution in [1.29, 1.82) is 0 Å². The van der Waals surface area contributed by atoms with Crippen LogP contribution >= 0.6 is 0 Å². The number of rotatable bonds is 10. The van der Waals surface area contributed by atoms with Gasteiger partial charge in [0.15, 0.2) is 5.78 Å². The summed E-state index contributed by atoms with van der Waals surface area (Å²) >= 11 is 0. The summed E-state index contributed by atoms with van der Waals surface area (Å²) in [4.78, 5) is 14.9. The van der Waals surface area contributed by atoms with Gasteiger partial charge in [-0.2, -0.15) is 13.2 Å². The number of ketones is 1. The molecule has 0 amide bonds. The van der Waals surface area contributed by atoms with E-state index in [1.807, 2.05) is 26.2 Å². The Kier molecular flexibility index (Phi) is 25.0. The van der Waals surface area contributed by atoms with E-state index >= 15 is 0 Å². The molecular weight excluding hydrogens is 535 g/mol. The first-order valence-electron chi connectivity index (χ1n) is 15.3. The maximum Gasteiger partial charge on any atom is 0.386 e. The van der Waals surface area contributed by atoms with E-state index < -0.39 is 6.18 Å². The van der Waals surface area contributed by atoms with Crippen molar-refractivity contribution in [3.05, 3.63) is 66.4 Å². The number of carbonyl (C=O) groups is 1. The van der Waals surface area contributed by atoms with Crippen molar-refractivity contribution in [2.75, 3.05) is 17.7 Å². The summed E-state index contributed by atoms with van der Waals surface area (Å²) in [6, 6.07) is 10.4. The second-order valence-electron chi connectivity index (χ2n) is 9.93. The fourth-order valence-corrected chi connectivity index (χ4v) is 3.13. The lowest BCUT2D eigenvalue weighted by molar-refractivity contribution is -0.114. The normalized spacial score (nSPS) is 11.7. The van der Waals surface area contributed by atoms with Crippen LogP contribution in [-0.2, 0) is 4.79 Å². The quantitative estimate of drug-likeness (QED) is 0.270. The van der Waals surface area contributed by atoms with Gasteiger partial charge in [-0.1, -0.05) is 103 Å². The molecule has 1 aliphatic rings. The molecule has 1 aromatic carbocycles. The molecule has 42 heavy (non-hydrogen) atoms. The summed E-state index contributed by atoms with van der Waals surface area (Å²) in [5, 5.41) is 6.74. The van der Waals surface area contributed by atoms with Crippen LogP contribution in [0.3, 0.4) is 0 Å². The third-order valence-electron chi connectivity index (χ3n) is 5.91. The number of unbranched alkanes of at least 4 members (excludes halogenated alkanes) is 1. The number of hydrogen-bond donors (Lipinski definition) is 2. The van der Waals surface area contributed by atoms with Crippen molar-refractivity contribution in [3.63, 3.8) is 0 Å². The molecule has 0 atom stereocenters. The monoisotopic (exact) mass is 591 g/mol. The van der Waals surface area contributed by atoms with Crippen LogP contribution in [0.2, 0.25) is 0 Å². The average Bonchev–Trinajstić information content (AvgIpc) is 2.92. The van der Waals surface area contributed by atoms with Crippen LogP contribution in [-0.4, -0.2) is 24.0 Å². The van der Waals surface area contributed by atoms with E-state index in [9.17, 15) is 18.0 Å². The number of nitrogens with zero attached hydrogens (tertiary/aromatic N) is 1. The molecule has 1 fully saturated rings. The Labute approximate surface area is 254 Å². The van der Waals surface area contributed by atoms with Crippen molar-refractivity contribution in [2.24, 2.45) is 0 Å². The van der Waals surface area contributed by atoms with Crippen molar-refractivity contribution in [1.82, 2.24) is 4.98 Å². The molecule has 1 aromatic heterocycles. The van der Waals surface area contributed by atoms with Crippen LogP contribution < -0.4 is 10.6 Å².